The Labute approximate surface area is 151 Å². The van der Waals surface area contributed by atoms with Crippen LogP contribution in [0, 0.1) is 0 Å². The second-order valence-corrected chi connectivity index (χ2v) is 6.64. The van der Waals surface area contributed by atoms with E-state index in [0.29, 0.717) is 0 Å². The third-order valence-electron chi connectivity index (χ3n) is 3.23. The molecule has 1 rings (SSSR count). The lowest BCUT2D eigenvalue weighted by atomic mass is 10.0. The zero-order chi connectivity index (χ0) is 19.9. The lowest BCUT2D eigenvalue weighted by molar-refractivity contribution is -0.158. The van der Waals surface area contributed by atoms with E-state index >= 15 is 0 Å². The first-order valence-corrected chi connectivity index (χ1v) is 8.29. The topological polar surface area (TPSA) is 131 Å². The SMILES string of the molecule is CCOC(=O)CN1C(=O)CC[C@H](NC(=O)CNC(=O)OC(C)(C)C)C1=O. The highest BCUT2D eigenvalue weighted by atomic mass is 16.6. The van der Waals surface area contributed by atoms with Crippen molar-refractivity contribution in [3.05, 3.63) is 0 Å². The molecule has 1 aliphatic heterocycles. The van der Waals surface area contributed by atoms with Crippen molar-refractivity contribution in [1.29, 1.82) is 0 Å². The maximum atomic E-state index is 12.3. The third-order valence-corrected chi connectivity index (χ3v) is 3.23. The Balaban J connectivity index is 2.54. The molecule has 146 valence electrons. The molecule has 0 unspecified atom stereocenters. The predicted octanol–water partition coefficient (Wildman–Crippen LogP) is -0.292. The van der Waals surface area contributed by atoms with Gasteiger partial charge in [-0.05, 0) is 34.1 Å². The maximum Gasteiger partial charge on any atom is 0.408 e. The second-order valence-electron chi connectivity index (χ2n) is 6.64. The largest absolute Gasteiger partial charge is 0.465 e. The molecule has 0 spiro atoms. The molecule has 0 bridgehead atoms. The molecule has 10 heteroatoms. The first-order chi connectivity index (χ1) is 12.0. The van der Waals surface area contributed by atoms with E-state index in [1.807, 2.05) is 0 Å². The quantitative estimate of drug-likeness (QED) is 0.484. The minimum absolute atomic E-state index is 0.00951. The zero-order valence-electron chi connectivity index (χ0n) is 15.4. The molecule has 0 saturated carbocycles. The molecular weight excluding hydrogens is 346 g/mol. The summed E-state index contributed by atoms with van der Waals surface area (Å²) in [5, 5.41) is 4.71. The number of carbonyl (C=O) groups is 5. The van der Waals surface area contributed by atoms with Gasteiger partial charge in [-0.1, -0.05) is 0 Å². The lowest BCUT2D eigenvalue weighted by Gasteiger charge is -2.30. The summed E-state index contributed by atoms with van der Waals surface area (Å²) in [6.07, 6.45) is -0.633. The van der Waals surface area contributed by atoms with Crippen molar-refractivity contribution in [1.82, 2.24) is 15.5 Å². The molecule has 1 atom stereocenters. The van der Waals surface area contributed by atoms with E-state index in [4.69, 9.17) is 9.47 Å². The fraction of sp³-hybridized carbons (Fsp3) is 0.688. The van der Waals surface area contributed by atoms with Crippen LogP contribution in [0.5, 0.6) is 0 Å². The molecule has 0 aromatic rings. The number of ether oxygens (including phenoxy) is 2. The number of piperidine rings is 1. The summed E-state index contributed by atoms with van der Waals surface area (Å²) in [7, 11) is 0. The molecule has 0 aliphatic carbocycles. The predicted molar refractivity (Wildman–Crippen MR) is 88.8 cm³/mol. The number of rotatable bonds is 6. The Hall–Kier alpha value is -2.65. The van der Waals surface area contributed by atoms with Crippen LogP contribution in [0.4, 0.5) is 4.79 Å². The summed E-state index contributed by atoms with van der Waals surface area (Å²) in [5.74, 6) is -2.49. The average Bonchev–Trinajstić information content (AvgIpc) is 2.51. The highest BCUT2D eigenvalue weighted by Gasteiger charge is 2.36. The van der Waals surface area contributed by atoms with Crippen LogP contribution in [-0.2, 0) is 28.7 Å². The number of carbonyl (C=O) groups excluding carboxylic acids is 5. The number of imide groups is 1. The van der Waals surface area contributed by atoms with Gasteiger partial charge < -0.3 is 20.1 Å². The minimum Gasteiger partial charge on any atom is -0.465 e. The Morgan fingerprint density at radius 2 is 1.88 bits per heavy atom. The average molecular weight is 371 g/mol. The van der Waals surface area contributed by atoms with Gasteiger partial charge in [0.15, 0.2) is 0 Å². The van der Waals surface area contributed by atoms with Crippen LogP contribution in [0.2, 0.25) is 0 Å². The maximum absolute atomic E-state index is 12.3. The molecule has 4 amide bonds. The number of likely N-dealkylation sites (tertiary alicyclic amines) is 1. The number of nitrogens with one attached hydrogen (secondary N) is 2. The van der Waals surface area contributed by atoms with Crippen molar-refractivity contribution < 1.29 is 33.4 Å². The molecule has 1 saturated heterocycles. The van der Waals surface area contributed by atoms with E-state index < -0.39 is 48.0 Å². The van der Waals surface area contributed by atoms with Gasteiger partial charge in [-0.15, -0.1) is 0 Å². The molecule has 0 aromatic carbocycles. The van der Waals surface area contributed by atoms with Crippen LogP contribution in [0.25, 0.3) is 0 Å². The van der Waals surface area contributed by atoms with E-state index in [-0.39, 0.29) is 26.0 Å². The van der Waals surface area contributed by atoms with Crippen molar-refractivity contribution in [2.24, 2.45) is 0 Å². The van der Waals surface area contributed by atoms with Crippen LogP contribution in [0.1, 0.15) is 40.5 Å². The minimum atomic E-state index is -0.949. The van der Waals surface area contributed by atoms with Crippen LogP contribution in [0.3, 0.4) is 0 Å². The summed E-state index contributed by atoms with van der Waals surface area (Å²) < 4.78 is 9.72. The van der Waals surface area contributed by atoms with E-state index in [0.717, 1.165) is 4.90 Å². The van der Waals surface area contributed by atoms with Gasteiger partial charge in [0, 0.05) is 6.42 Å². The summed E-state index contributed by atoms with van der Waals surface area (Å²) in [6, 6.07) is -0.949. The number of hydrogen-bond donors (Lipinski definition) is 2. The summed E-state index contributed by atoms with van der Waals surface area (Å²) in [6.45, 7) is 5.91. The first kappa shape index (κ1) is 21.4. The lowest BCUT2D eigenvalue weighted by Crippen LogP contribution is -2.56. The van der Waals surface area contributed by atoms with Gasteiger partial charge in [0.1, 0.15) is 24.7 Å². The smallest absolute Gasteiger partial charge is 0.408 e. The zero-order valence-corrected chi connectivity index (χ0v) is 15.4. The van der Waals surface area contributed by atoms with Crippen molar-refractivity contribution in [3.63, 3.8) is 0 Å². The van der Waals surface area contributed by atoms with Gasteiger partial charge in [0.2, 0.25) is 11.8 Å². The van der Waals surface area contributed by atoms with Crippen LogP contribution >= 0.6 is 0 Å². The number of alkyl carbamates (subject to hydrolysis) is 1. The van der Waals surface area contributed by atoms with Crippen LogP contribution < -0.4 is 10.6 Å². The fourth-order valence-electron chi connectivity index (χ4n) is 2.18. The molecule has 1 fully saturated rings. The normalized spacial score (nSPS) is 17.5. The van der Waals surface area contributed by atoms with Gasteiger partial charge >= 0.3 is 12.1 Å². The highest BCUT2D eigenvalue weighted by Crippen LogP contribution is 2.13. The van der Waals surface area contributed by atoms with Crippen molar-refractivity contribution >= 4 is 29.8 Å². The van der Waals surface area contributed by atoms with E-state index in [1.165, 1.54) is 0 Å². The Kier molecular flexibility index (Phi) is 7.54. The van der Waals surface area contributed by atoms with Gasteiger partial charge in [-0.3, -0.25) is 24.1 Å². The summed E-state index contributed by atoms with van der Waals surface area (Å²) in [4.78, 5) is 59.8. The van der Waals surface area contributed by atoms with Gasteiger partial charge in [-0.25, -0.2) is 4.79 Å². The van der Waals surface area contributed by atoms with Crippen LogP contribution in [-0.4, -0.2) is 66.0 Å². The Bertz CT molecular complexity index is 583. The second kappa shape index (κ2) is 9.16. The molecule has 10 nitrogen and oxygen atoms in total. The van der Waals surface area contributed by atoms with Crippen molar-refractivity contribution in [2.45, 2.75) is 52.2 Å². The number of esters is 1. The van der Waals surface area contributed by atoms with Gasteiger partial charge in [-0.2, -0.15) is 0 Å². The van der Waals surface area contributed by atoms with E-state index in [2.05, 4.69) is 10.6 Å². The number of hydrogen-bond acceptors (Lipinski definition) is 7. The monoisotopic (exact) mass is 371 g/mol. The Morgan fingerprint density at radius 3 is 2.46 bits per heavy atom. The van der Waals surface area contributed by atoms with Crippen LogP contribution in [0.15, 0.2) is 0 Å². The summed E-state index contributed by atoms with van der Waals surface area (Å²) in [5.41, 5.74) is -0.701. The number of nitrogens with zero attached hydrogens (tertiary/aromatic N) is 1. The molecule has 0 radical (unpaired) electrons. The van der Waals surface area contributed by atoms with Crippen molar-refractivity contribution in [3.8, 4) is 0 Å². The summed E-state index contributed by atoms with van der Waals surface area (Å²) >= 11 is 0. The number of amides is 4. The van der Waals surface area contributed by atoms with Crippen molar-refractivity contribution in [2.75, 3.05) is 19.7 Å². The highest BCUT2D eigenvalue weighted by molar-refractivity contribution is 6.04. The molecular formula is C16H25N3O7. The van der Waals surface area contributed by atoms with Gasteiger partial charge in [0.25, 0.3) is 5.91 Å². The molecule has 1 aliphatic rings. The Morgan fingerprint density at radius 1 is 1.23 bits per heavy atom. The standard InChI is InChI=1S/C16H25N3O7/c1-5-25-13(22)9-19-12(21)7-6-10(14(19)23)18-11(20)8-17-15(24)26-16(2,3)4/h10H,5-9H2,1-4H3,(H,17,24)(H,18,20)/t10-/m0/s1. The fourth-order valence-corrected chi connectivity index (χ4v) is 2.18. The van der Waals surface area contributed by atoms with E-state index in [9.17, 15) is 24.0 Å². The third kappa shape index (κ3) is 7.08. The first-order valence-electron chi connectivity index (χ1n) is 8.29. The van der Waals surface area contributed by atoms with E-state index in [1.54, 1.807) is 27.7 Å². The molecule has 26 heavy (non-hydrogen) atoms. The molecule has 2 N–H and O–H groups in total. The molecule has 1 heterocycles. The van der Waals surface area contributed by atoms with Gasteiger partial charge in [0.05, 0.1) is 6.61 Å². The molecule has 0 aromatic heterocycles.